The lowest BCUT2D eigenvalue weighted by atomic mass is 9.42. The van der Waals surface area contributed by atoms with E-state index >= 15 is 9.59 Å². The lowest BCUT2D eigenvalue weighted by Gasteiger charge is -2.68. The Morgan fingerprint density at radius 3 is 2.22 bits per heavy atom. The SMILES string of the molecule is CC(=O)O[C@@]12CO[C@@H]1C[C@H](OC(=O)OCCn1c([N+](=O)[O-])cnc1C)[C@@]1(C)C(=O)C(=O)C3C(C)[C@@H](OC(=O)[C@H](O)[C@@H](NC(=O)OC(C)(C)C)c4ccccc4)C[C@@](O)([C@@H](OC(=O)c4ccccc4)C12)C3(C)C. The molecule has 1 amide bonds. The molecular weight excluding hydrogens is 945 g/mol. The van der Waals surface area contributed by atoms with Crippen molar-refractivity contribution >= 4 is 47.5 Å². The van der Waals surface area contributed by atoms with Gasteiger partial charge in [0.15, 0.2) is 17.5 Å². The van der Waals surface area contributed by atoms with Gasteiger partial charge in [0.1, 0.15) is 55.0 Å². The summed E-state index contributed by atoms with van der Waals surface area (Å²) < 4.78 is 42.5. The molecule has 2 heterocycles. The van der Waals surface area contributed by atoms with E-state index in [-0.39, 0.29) is 35.7 Å². The highest BCUT2D eigenvalue weighted by Crippen LogP contribution is 2.65. The number of aliphatic hydroxyl groups is 2. The normalized spacial score (nSPS) is 30.2. The number of carbonyl (C=O) groups is 7. The van der Waals surface area contributed by atoms with E-state index in [1.165, 1.54) is 51.3 Å². The number of carbonyl (C=O) groups excluding carboxylic acids is 7. The zero-order valence-electron chi connectivity index (χ0n) is 41.4. The van der Waals surface area contributed by atoms with Crippen LogP contribution in [0.5, 0.6) is 0 Å². The molecule has 1 aromatic heterocycles. The summed E-state index contributed by atoms with van der Waals surface area (Å²) in [5, 5.41) is 39.7. The largest absolute Gasteiger partial charge is 0.508 e. The van der Waals surface area contributed by atoms with Crippen molar-refractivity contribution in [3.8, 4) is 0 Å². The molecule has 3 aliphatic carbocycles. The Morgan fingerprint density at radius 1 is 1.00 bits per heavy atom. The predicted octanol–water partition coefficient (Wildman–Crippen LogP) is 4.68. The van der Waals surface area contributed by atoms with Crippen LogP contribution in [0.15, 0.2) is 66.9 Å². The fourth-order valence-corrected chi connectivity index (χ4v) is 11.3. The van der Waals surface area contributed by atoms with Crippen LogP contribution in [0.3, 0.4) is 0 Å². The van der Waals surface area contributed by atoms with Crippen molar-refractivity contribution in [1.82, 2.24) is 14.9 Å². The van der Waals surface area contributed by atoms with E-state index in [2.05, 4.69) is 10.3 Å². The lowest BCUT2D eigenvalue weighted by molar-refractivity contribution is -0.392. The van der Waals surface area contributed by atoms with Gasteiger partial charge in [-0.2, -0.15) is 0 Å². The Kier molecular flexibility index (Phi) is 14.5. The third kappa shape index (κ3) is 9.53. The number of rotatable bonds is 13. The van der Waals surface area contributed by atoms with Crippen molar-refractivity contribution in [1.29, 1.82) is 0 Å². The minimum absolute atomic E-state index is 0.00941. The molecule has 3 aromatic rings. The topological polar surface area (TPSA) is 298 Å². The van der Waals surface area contributed by atoms with Gasteiger partial charge in [0.25, 0.3) is 0 Å². The van der Waals surface area contributed by atoms with Crippen LogP contribution in [-0.2, 0) is 58.9 Å². The Morgan fingerprint density at radius 2 is 1.64 bits per heavy atom. The van der Waals surface area contributed by atoms with Gasteiger partial charge < -0.3 is 58.8 Å². The van der Waals surface area contributed by atoms with E-state index in [1.54, 1.807) is 69.3 Å². The van der Waals surface area contributed by atoms with Crippen LogP contribution in [-0.4, -0.2) is 127 Å². The van der Waals surface area contributed by atoms with Crippen LogP contribution < -0.4 is 5.32 Å². The number of aromatic nitrogens is 2. The highest BCUT2D eigenvalue weighted by atomic mass is 16.7. The first kappa shape index (κ1) is 53.0. The van der Waals surface area contributed by atoms with Crippen molar-refractivity contribution in [2.75, 3.05) is 13.2 Å². The summed E-state index contributed by atoms with van der Waals surface area (Å²) in [5.74, 6) is -10.1. The molecular formula is C50H60N4O18. The fraction of sp³-hybridized carbons (Fsp3) is 0.560. The third-order valence-electron chi connectivity index (χ3n) is 14.8. The number of nitrogens with zero attached hydrogens (tertiary/aromatic N) is 3. The minimum atomic E-state index is -2.52. The number of fused-ring (bicyclic) bond motifs is 5. The average molecular weight is 1010 g/mol. The highest BCUT2D eigenvalue weighted by Gasteiger charge is 2.80. The number of benzene rings is 2. The number of Topliss-reactive ketones (excluding diaryl/α,β-unsaturated/α-hetero) is 2. The number of imidazole rings is 1. The zero-order chi connectivity index (χ0) is 52.9. The molecule has 3 N–H and O–H groups in total. The molecule has 72 heavy (non-hydrogen) atoms. The number of alkyl carbamates (subject to hydrolysis) is 1. The van der Waals surface area contributed by atoms with Gasteiger partial charge in [-0.1, -0.05) is 69.3 Å². The molecule has 0 spiro atoms. The molecule has 2 aromatic carbocycles. The highest BCUT2D eigenvalue weighted by molar-refractivity contribution is 6.40. The second-order valence-electron chi connectivity index (χ2n) is 20.6. The van der Waals surface area contributed by atoms with Gasteiger partial charge >= 0.3 is 36.0 Å². The molecule has 22 heteroatoms. The third-order valence-corrected chi connectivity index (χ3v) is 14.8. The number of ketones is 2. The number of esters is 3. The number of nitro groups is 1. The Balaban J connectivity index is 1.31. The minimum Gasteiger partial charge on any atom is -0.460 e. The first-order chi connectivity index (χ1) is 33.7. The van der Waals surface area contributed by atoms with Gasteiger partial charge in [-0.3, -0.25) is 14.4 Å². The molecule has 3 saturated carbocycles. The maximum Gasteiger partial charge on any atom is 0.508 e. The molecule has 3 unspecified atom stereocenters. The molecule has 12 atom stereocenters. The fourth-order valence-electron chi connectivity index (χ4n) is 11.3. The van der Waals surface area contributed by atoms with E-state index in [0.717, 1.165) is 13.1 Å². The molecule has 1 aliphatic heterocycles. The summed E-state index contributed by atoms with van der Waals surface area (Å²) in [6.45, 7) is 12.1. The van der Waals surface area contributed by atoms with Crippen molar-refractivity contribution in [2.45, 2.75) is 135 Å². The molecule has 1 saturated heterocycles. The maximum atomic E-state index is 15.6. The molecule has 2 bridgehead atoms. The molecule has 0 radical (unpaired) electrons. The first-order valence-electron chi connectivity index (χ1n) is 23.5. The predicted molar refractivity (Wildman–Crippen MR) is 246 cm³/mol. The van der Waals surface area contributed by atoms with Gasteiger partial charge in [-0.05, 0) is 50.3 Å². The summed E-state index contributed by atoms with van der Waals surface area (Å²) in [6.07, 6.45) is -10.8. The molecule has 388 valence electrons. The molecule has 4 fully saturated rings. The Hall–Kier alpha value is -6.78. The Bertz CT molecular complexity index is 2620. The average Bonchev–Trinajstić information content (AvgIpc) is 3.68. The summed E-state index contributed by atoms with van der Waals surface area (Å²) in [4.78, 5) is 115. The van der Waals surface area contributed by atoms with Crippen LogP contribution in [0.1, 0.15) is 96.0 Å². The Labute approximate surface area is 414 Å². The van der Waals surface area contributed by atoms with Gasteiger partial charge in [0.05, 0.1) is 29.5 Å². The second kappa shape index (κ2) is 19.7. The van der Waals surface area contributed by atoms with Gasteiger partial charge in [0, 0.05) is 43.9 Å². The van der Waals surface area contributed by atoms with Crippen molar-refractivity contribution in [2.24, 2.45) is 28.6 Å². The standard InChI is InChI=1S/C50H60N4O18/c1-26-31(68-43(60)38(57)36(29-16-12-10-13-17-29)52-44(61)72-46(4,5)6)23-50(63)41(70-42(59)30-18-14-11-15-19-30)39-48(9,40(58)37(56)35(26)47(50,7)8)32(22-33-49(39,25-67-33)71-28(3)55)69-45(62)66-21-20-53-27(2)51-24-34(53)54(64)65/h10-19,24,26,31-33,35-36,38-39,41,57,63H,20-23,25H2,1-9H3,(H,52,61)/t26?,31-,32-,33+,35?,36-,38+,39?,41-,48+,49-,50+/m0/s1. The van der Waals surface area contributed by atoms with Crippen LogP contribution in [0.2, 0.25) is 0 Å². The lowest BCUT2D eigenvalue weighted by Crippen LogP contribution is -2.83. The number of hydrogen-bond donors (Lipinski definition) is 3. The van der Waals surface area contributed by atoms with Gasteiger partial charge in [0.2, 0.25) is 11.6 Å². The number of nitrogens with one attached hydrogen (secondary N) is 1. The number of aliphatic hydroxyl groups excluding tert-OH is 1. The summed E-state index contributed by atoms with van der Waals surface area (Å²) >= 11 is 0. The zero-order valence-corrected chi connectivity index (χ0v) is 41.4. The van der Waals surface area contributed by atoms with Crippen LogP contribution in [0, 0.1) is 45.6 Å². The molecule has 7 rings (SSSR count). The van der Waals surface area contributed by atoms with E-state index in [9.17, 15) is 44.3 Å². The second-order valence-corrected chi connectivity index (χ2v) is 20.6. The van der Waals surface area contributed by atoms with E-state index in [4.69, 9.17) is 33.2 Å². The van der Waals surface area contributed by atoms with Crippen molar-refractivity contribution < 1.29 is 81.9 Å². The quantitative estimate of drug-likeness (QED) is 0.0688. The first-order valence-corrected chi connectivity index (χ1v) is 23.5. The molecule has 22 nitrogen and oxygen atoms in total. The number of aryl methyl sites for hydroxylation is 1. The summed E-state index contributed by atoms with van der Waals surface area (Å²) in [7, 11) is 0. The number of hydrogen-bond acceptors (Lipinski definition) is 19. The number of amides is 1. The van der Waals surface area contributed by atoms with E-state index < -0.39 is 148 Å². The smallest absolute Gasteiger partial charge is 0.460 e. The maximum absolute atomic E-state index is 15.6. The van der Waals surface area contributed by atoms with E-state index in [1.807, 2.05) is 0 Å². The number of ether oxygens (including phenoxy) is 7. The summed E-state index contributed by atoms with van der Waals surface area (Å²) in [5.41, 5.74) is -9.23. The van der Waals surface area contributed by atoms with Gasteiger partial charge in [-0.15, -0.1) is 0 Å². The van der Waals surface area contributed by atoms with Gasteiger partial charge in [-0.25, -0.2) is 28.7 Å². The molecule has 4 aliphatic rings. The summed E-state index contributed by atoms with van der Waals surface area (Å²) in [6, 6.07) is 14.2. The van der Waals surface area contributed by atoms with Crippen LogP contribution >= 0.6 is 0 Å². The van der Waals surface area contributed by atoms with E-state index in [0.29, 0.717) is 0 Å². The van der Waals surface area contributed by atoms with Crippen LogP contribution in [0.25, 0.3) is 0 Å². The van der Waals surface area contributed by atoms with Crippen LogP contribution in [0.4, 0.5) is 15.4 Å². The van der Waals surface area contributed by atoms with Crippen molar-refractivity contribution in [3.63, 3.8) is 0 Å². The van der Waals surface area contributed by atoms with Crippen molar-refractivity contribution in [3.05, 3.63) is 93.9 Å². The monoisotopic (exact) mass is 1000 g/mol.